The number of benzene rings is 1. The molecule has 0 aromatic heterocycles. The summed E-state index contributed by atoms with van der Waals surface area (Å²) < 4.78 is 11.2. The van der Waals surface area contributed by atoms with E-state index in [1.54, 1.807) is 0 Å². The molecule has 122 valence electrons. The van der Waals surface area contributed by atoms with Gasteiger partial charge in [-0.2, -0.15) is 0 Å². The third-order valence-corrected chi connectivity index (χ3v) is 4.75. The Morgan fingerprint density at radius 1 is 1.14 bits per heavy atom. The van der Waals surface area contributed by atoms with Gasteiger partial charge in [0, 0.05) is 38.1 Å². The van der Waals surface area contributed by atoms with Crippen molar-refractivity contribution in [3.05, 3.63) is 35.9 Å². The zero-order valence-corrected chi connectivity index (χ0v) is 13.6. The topological polar surface area (TPSA) is 24.9 Å². The lowest BCUT2D eigenvalue weighted by molar-refractivity contribution is 0.0991. The van der Waals surface area contributed by atoms with Crippen molar-refractivity contribution in [1.82, 2.24) is 9.80 Å². The third kappa shape index (κ3) is 4.53. The Balaban J connectivity index is 1.45. The van der Waals surface area contributed by atoms with Gasteiger partial charge in [0.15, 0.2) is 0 Å². The predicted octanol–water partition coefficient (Wildman–Crippen LogP) is 1.86. The van der Waals surface area contributed by atoms with Crippen molar-refractivity contribution in [2.75, 3.05) is 53.1 Å². The Labute approximate surface area is 134 Å². The summed E-state index contributed by atoms with van der Waals surface area (Å²) in [5, 5.41) is 0. The normalized spacial score (nSPS) is 24.7. The molecule has 4 nitrogen and oxygen atoms in total. The second-order valence-electron chi connectivity index (χ2n) is 6.62. The molecule has 2 aliphatic heterocycles. The number of likely N-dealkylation sites (tertiary alicyclic amines) is 1. The monoisotopic (exact) mass is 304 g/mol. The molecule has 3 rings (SSSR count). The fourth-order valence-electron chi connectivity index (χ4n) is 3.48. The van der Waals surface area contributed by atoms with Gasteiger partial charge in [0.1, 0.15) is 0 Å². The largest absolute Gasteiger partial charge is 0.379 e. The molecule has 0 N–H and O–H groups in total. The van der Waals surface area contributed by atoms with Crippen molar-refractivity contribution < 1.29 is 9.47 Å². The molecule has 22 heavy (non-hydrogen) atoms. The van der Waals surface area contributed by atoms with E-state index in [0.717, 1.165) is 39.5 Å². The molecular formula is C18H28N2O2. The maximum atomic E-state index is 5.61. The molecule has 0 saturated carbocycles. The van der Waals surface area contributed by atoms with Gasteiger partial charge in [0.25, 0.3) is 0 Å². The summed E-state index contributed by atoms with van der Waals surface area (Å²) >= 11 is 0. The van der Waals surface area contributed by atoms with E-state index in [-0.39, 0.29) is 0 Å². The quantitative estimate of drug-likeness (QED) is 0.829. The summed E-state index contributed by atoms with van der Waals surface area (Å²) in [5.41, 5.74) is 1.41. The highest BCUT2D eigenvalue weighted by atomic mass is 16.5. The summed E-state index contributed by atoms with van der Waals surface area (Å²) in [5.74, 6) is 0.510. The molecule has 2 aliphatic rings. The predicted molar refractivity (Wildman–Crippen MR) is 87.9 cm³/mol. The first kappa shape index (κ1) is 15.9. The highest BCUT2D eigenvalue weighted by molar-refractivity contribution is 5.14. The lowest BCUT2D eigenvalue weighted by Crippen LogP contribution is -2.39. The number of ether oxygens (including phenoxy) is 2. The fraction of sp³-hybridized carbons (Fsp3) is 0.667. The van der Waals surface area contributed by atoms with E-state index >= 15 is 0 Å². The summed E-state index contributed by atoms with van der Waals surface area (Å²) in [6, 6.07) is 11.4. The molecule has 0 radical (unpaired) electrons. The van der Waals surface area contributed by atoms with Crippen molar-refractivity contribution >= 4 is 0 Å². The Hall–Kier alpha value is -0.940. The maximum absolute atomic E-state index is 5.61. The first-order chi connectivity index (χ1) is 10.8. The number of hydrogen-bond donors (Lipinski definition) is 0. The fourth-order valence-corrected chi connectivity index (χ4v) is 3.48. The summed E-state index contributed by atoms with van der Waals surface area (Å²) in [6.45, 7) is 7.67. The lowest BCUT2D eigenvalue weighted by atomic mass is 10.1. The first-order valence-electron chi connectivity index (χ1n) is 8.43. The van der Waals surface area contributed by atoms with Crippen LogP contribution in [-0.2, 0) is 16.0 Å². The van der Waals surface area contributed by atoms with Crippen LogP contribution in [0.25, 0.3) is 0 Å². The van der Waals surface area contributed by atoms with E-state index in [4.69, 9.17) is 9.47 Å². The van der Waals surface area contributed by atoms with Gasteiger partial charge in [-0.25, -0.2) is 0 Å². The van der Waals surface area contributed by atoms with Crippen LogP contribution in [-0.4, -0.2) is 69.0 Å². The Morgan fingerprint density at radius 2 is 1.86 bits per heavy atom. The second kappa shape index (κ2) is 8.06. The number of nitrogens with zero attached hydrogens (tertiary/aromatic N) is 2. The van der Waals surface area contributed by atoms with Crippen LogP contribution >= 0.6 is 0 Å². The number of hydrogen-bond acceptors (Lipinski definition) is 4. The van der Waals surface area contributed by atoms with Crippen LogP contribution in [0.15, 0.2) is 30.3 Å². The molecule has 1 aromatic rings. The summed E-state index contributed by atoms with van der Waals surface area (Å²) in [4.78, 5) is 5.07. The van der Waals surface area contributed by atoms with E-state index in [9.17, 15) is 0 Å². The third-order valence-electron chi connectivity index (χ3n) is 4.75. The summed E-state index contributed by atoms with van der Waals surface area (Å²) in [7, 11) is 2.25. The maximum Gasteiger partial charge on any atom is 0.0700 e. The van der Waals surface area contributed by atoms with Crippen molar-refractivity contribution in [1.29, 1.82) is 0 Å². The van der Waals surface area contributed by atoms with Crippen LogP contribution in [0, 0.1) is 5.92 Å². The van der Waals surface area contributed by atoms with Gasteiger partial charge in [-0.1, -0.05) is 30.3 Å². The van der Waals surface area contributed by atoms with Crippen LogP contribution in [0.3, 0.4) is 0 Å². The van der Waals surface area contributed by atoms with Crippen molar-refractivity contribution in [3.63, 3.8) is 0 Å². The minimum Gasteiger partial charge on any atom is -0.379 e. The van der Waals surface area contributed by atoms with Gasteiger partial charge in [-0.3, -0.25) is 4.90 Å². The summed E-state index contributed by atoms with van der Waals surface area (Å²) in [6.07, 6.45) is 1.26. The van der Waals surface area contributed by atoms with Crippen LogP contribution < -0.4 is 0 Å². The average Bonchev–Trinajstić information content (AvgIpc) is 2.85. The molecule has 2 fully saturated rings. The number of rotatable bonds is 5. The smallest absolute Gasteiger partial charge is 0.0700 e. The zero-order valence-electron chi connectivity index (χ0n) is 13.6. The lowest BCUT2D eigenvalue weighted by Gasteiger charge is -2.28. The van der Waals surface area contributed by atoms with Crippen molar-refractivity contribution in [3.8, 4) is 0 Å². The van der Waals surface area contributed by atoms with Gasteiger partial charge in [-0.15, -0.1) is 0 Å². The molecule has 2 saturated heterocycles. The van der Waals surface area contributed by atoms with Gasteiger partial charge in [0.05, 0.1) is 26.4 Å². The van der Waals surface area contributed by atoms with E-state index in [0.29, 0.717) is 12.0 Å². The van der Waals surface area contributed by atoms with Crippen LogP contribution in [0.4, 0.5) is 0 Å². The van der Waals surface area contributed by atoms with Crippen LogP contribution in [0.1, 0.15) is 12.0 Å². The van der Waals surface area contributed by atoms with E-state index in [1.165, 1.54) is 25.1 Å². The molecular weight excluding hydrogens is 276 g/mol. The Kier molecular flexibility index (Phi) is 5.84. The molecule has 2 heterocycles. The minimum absolute atomic E-state index is 0.510. The molecule has 0 amide bonds. The van der Waals surface area contributed by atoms with Gasteiger partial charge in [-0.05, 0) is 19.0 Å². The van der Waals surface area contributed by atoms with Crippen LogP contribution in [0.2, 0.25) is 0 Å². The highest BCUT2D eigenvalue weighted by Crippen LogP contribution is 2.18. The highest BCUT2D eigenvalue weighted by Gasteiger charge is 2.27. The average molecular weight is 304 g/mol. The first-order valence-corrected chi connectivity index (χ1v) is 8.43. The Morgan fingerprint density at radius 3 is 2.59 bits per heavy atom. The Bertz CT molecular complexity index is 432. The SMILES string of the molecule is CN(CC1COCCOC1)C1CCN(Cc2ccccc2)C1. The van der Waals surface area contributed by atoms with Crippen LogP contribution in [0.5, 0.6) is 0 Å². The van der Waals surface area contributed by atoms with Crippen molar-refractivity contribution in [2.24, 2.45) is 5.92 Å². The second-order valence-corrected chi connectivity index (χ2v) is 6.62. The molecule has 1 aromatic carbocycles. The van der Waals surface area contributed by atoms with Gasteiger partial charge >= 0.3 is 0 Å². The molecule has 1 unspecified atom stereocenters. The zero-order chi connectivity index (χ0) is 15.2. The molecule has 0 bridgehead atoms. The standard InChI is InChI=1S/C18H28N2O2/c1-19(11-17-14-21-9-10-22-15-17)18-7-8-20(13-18)12-16-5-3-2-4-6-16/h2-6,17-18H,7-15H2,1H3. The van der Waals surface area contributed by atoms with E-state index in [2.05, 4.69) is 47.2 Å². The van der Waals surface area contributed by atoms with E-state index in [1.807, 2.05) is 0 Å². The van der Waals surface area contributed by atoms with Gasteiger partial charge < -0.3 is 14.4 Å². The van der Waals surface area contributed by atoms with E-state index < -0.39 is 0 Å². The molecule has 4 heteroatoms. The molecule has 1 atom stereocenters. The molecule has 0 spiro atoms. The van der Waals surface area contributed by atoms with Crippen molar-refractivity contribution in [2.45, 2.75) is 19.0 Å². The minimum atomic E-state index is 0.510. The van der Waals surface area contributed by atoms with Gasteiger partial charge in [0.2, 0.25) is 0 Å². The number of likely N-dealkylation sites (N-methyl/N-ethyl adjacent to an activating group) is 1. The molecule has 0 aliphatic carbocycles.